The van der Waals surface area contributed by atoms with Crippen molar-refractivity contribution < 1.29 is 31.2 Å². The van der Waals surface area contributed by atoms with Crippen molar-refractivity contribution in [3.63, 3.8) is 0 Å². The minimum absolute atomic E-state index is 0. The van der Waals surface area contributed by atoms with E-state index in [-0.39, 0.29) is 73.3 Å². The van der Waals surface area contributed by atoms with Crippen molar-refractivity contribution in [2.24, 2.45) is 4.99 Å². The summed E-state index contributed by atoms with van der Waals surface area (Å²) in [6.07, 6.45) is 1.11. The SMILES string of the molecule is CCOc1cc(S(=O)(=O)N(C)C)ccc1C1=NC(c2ccc(Cl)cc2)C(c2ccc(Cl)cc2)N1C(=O)N1CCN(CCS(C)(=O)=O)C(=O)C1.Cl. The van der Waals surface area contributed by atoms with Gasteiger partial charge in [0.2, 0.25) is 15.9 Å². The second-order valence-corrected chi connectivity index (χ2v) is 17.2. The molecule has 2 unspecified atom stereocenters. The highest BCUT2D eigenvalue weighted by Crippen LogP contribution is 2.45. The summed E-state index contributed by atoms with van der Waals surface area (Å²) in [5.41, 5.74) is 1.84. The van der Waals surface area contributed by atoms with E-state index < -0.39 is 38.0 Å². The molecule has 1 fully saturated rings. The normalized spacial score (nSPS) is 18.3. The molecule has 0 radical (unpaired) electrons. The Morgan fingerprint density at radius 3 is 2.08 bits per heavy atom. The molecule has 3 aromatic carbocycles. The van der Waals surface area contributed by atoms with Crippen LogP contribution in [0.2, 0.25) is 10.0 Å². The maximum atomic E-state index is 14.7. The molecule has 2 aliphatic rings. The number of amides is 3. The van der Waals surface area contributed by atoms with Crippen LogP contribution in [0, 0.1) is 0 Å². The second kappa shape index (κ2) is 15.9. The van der Waals surface area contributed by atoms with E-state index in [0.29, 0.717) is 21.2 Å². The molecule has 2 atom stereocenters. The standard InChI is InChI=1S/C33H37Cl2N5O7S2.ClH/c1-5-47-28-20-26(49(45,46)37(2)3)14-15-27(28)32-36-30(22-6-10-24(34)11-7-22)31(23-8-12-25(35)13-9-23)40(32)33(42)39-17-16-38(29(41)21-39)18-19-48(4,43)44;/h6-15,20,30-31H,5,16-19,21H2,1-4H3;1H. The van der Waals surface area contributed by atoms with Crippen LogP contribution in [0.3, 0.4) is 0 Å². The lowest BCUT2D eigenvalue weighted by molar-refractivity contribution is -0.134. The van der Waals surface area contributed by atoms with Crippen LogP contribution in [-0.4, -0.2) is 113 Å². The molecule has 0 N–H and O–H groups in total. The van der Waals surface area contributed by atoms with Gasteiger partial charge in [-0.25, -0.2) is 25.9 Å². The van der Waals surface area contributed by atoms with Gasteiger partial charge in [-0.2, -0.15) is 0 Å². The summed E-state index contributed by atoms with van der Waals surface area (Å²) in [4.78, 5) is 37.4. The molecule has 17 heteroatoms. The van der Waals surface area contributed by atoms with Gasteiger partial charge in [-0.3, -0.25) is 14.7 Å². The number of sulfone groups is 1. The number of sulfonamides is 1. The Bertz CT molecular complexity index is 1980. The number of nitrogens with zero attached hydrogens (tertiary/aromatic N) is 5. The van der Waals surface area contributed by atoms with Crippen LogP contribution in [0.25, 0.3) is 0 Å². The van der Waals surface area contributed by atoms with Crippen molar-refractivity contribution in [3.8, 4) is 5.75 Å². The van der Waals surface area contributed by atoms with Gasteiger partial charge in [0.1, 0.15) is 34.0 Å². The highest BCUT2D eigenvalue weighted by atomic mass is 35.5. The Balaban J connectivity index is 0.00000562. The highest BCUT2D eigenvalue weighted by molar-refractivity contribution is 7.90. The summed E-state index contributed by atoms with van der Waals surface area (Å²) in [7, 11) is -4.26. The van der Waals surface area contributed by atoms with Gasteiger partial charge < -0.3 is 14.5 Å². The zero-order valence-corrected chi connectivity index (χ0v) is 31.8. The average molecular weight is 787 g/mol. The number of hydrogen-bond donors (Lipinski definition) is 0. The predicted molar refractivity (Wildman–Crippen MR) is 196 cm³/mol. The van der Waals surface area contributed by atoms with Crippen LogP contribution in [0.5, 0.6) is 5.75 Å². The number of benzene rings is 3. The molecule has 270 valence electrons. The first-order valence-corrected chi connectivity index (χ1v) is 19.7. The van der Waals surface area contributed by atoms with Crippen molar-refractivity contribution in [2.75, 3.05) is 58.9 Å². The molecule has 2 heterocycles. The van der Waals surface area contributed by atoms with E-state index in [4.69, 9.17) is 32.9 Å². The first kappa shape index (κ1) is 39.4. The van der Waals surface area contributed by atoms with E-state index in [9.17, 15) is 26.4 Å². The Morgan fingerprint density at radius 2 is 1.54 bits per heavy atom. The summed E-state index contributed by atoms with van der Waals surface area (Å²) < 4.78 is 56.7. The Morgan fingerprint density at radius 1 is 0.940 bits per heavy atom. The summed E-state index contributed by atoms with van der Waals surface area (Å²) in [6.45, 7) is 2.01. The van der Waals surface area contributed by atoms with Gasteiger partial charge in [0.25, 0.3) is 0 Å². The van der Waals surface area contributed by atoms with Crippen LogP contribution >= 0.6 is 35.6 Å². The molecule has 0 aromatic heterocycles. The molecule has 0 spiro atoms. The largest absolute Gasteiger partial charge is 0.493 e. The third-order valence-electron chi connectivity index (χ3n) is 8.29. The first-order valence-electron chi connectivity index (χ1n) is 15.4. The molecular weight excluding hydrogens is 749 g/mol. The highest BCUT2D eigenvalue weighted by Gasteiger charge is 2.45. The lowest BCUT2D eigenvalue weighted by atomic mass is 9.93. The van der Waals surface area contributed by atoms with Crippen molar-refractivity contribution in [3.05, 3.63) is 93.5 Å². The number of ether oxygens (including phenoxy) is 1. The van der Waals surface area contributed by atoms with Crippen molar-refractivity contribution in [2.45, 2.75) is 23.9 Å². The summed E-state index contributed by atoms with van der Waals surface area (Å²) >= 11 is 12.5. The number of carbonyl (C=O) groups is 2. The maximum absolute atomic E-state index is 14.7. The van der Waals surface area contributed by atoms with Gasteiger partial charge >= 0.3 is 6.03 Å². The van der Waals surface area contributed by atoms with Gasteiger partial charge in [0.05, 0.1) is 28.9 Å². The third-order valence-corrected chi connectivity index (χ3v) is 11.5. The van der Waals surface area contributed by atoms with Crippen LogP contribution in [0.4, 0.5) is 4.79 Å². The van der Waals surface area contributed by atoms with Crippen molar-refractivity contribution in [1.29, 1.82) is 0 Å². The van der Waals surface area contributed by atoms with E-state index in [2.05, 4.69) is 0 Å². The van der Waals surface area contributed by atoms with Crippen LogP contribution in [-0.2, 0) is 24.7 Å². The van der Waals surface area contributed by atoms with E-state index in [1.165, 1.54) is 40.9 Å². The lowest BCUT2D eigenvalue weighted by Gasteiger charge is -2.38. The Hall–Kier alpha value is -3.40. The smallest absolute Gasteiger partial charge is 0.326 e. The number of carbonyl (C=O) groups excluding carboxylic acids is 2. The molecule has 1 saturated heterocycles. The van der Waals surface area contributed by atoms with Gasteiger partial charge in [0.15, 0.2) is 0 Å². The number of urea groups is 1. The molecular formula is C33H38Cl3N5O7S2. The predicted octanol–water partition coefficient (Wildman–Crippen LogP) is 4.92. The van der Waals surface area contributed by atoms with E-state index in [1.807, 2.05) is 12.1 Å². The lowest BCUT2D eigenvalue weighted by Crippen LogP contribution is -2.57. The number of halogens is 3. The van der Waals surface area contributed by atoms with Gasteiger partial charge in [-0.1, -0.05) is 47.5 Å². The topological polar surface area (TPSA) is 137 Å². The van der Waals surface area contributed by atoms with Gasteiger partial charge in [0, 0.05) is 56.1 Å². The zero-order valence-electron chi connectivity index (χ0n) is 27.8. The van der Waals surface area contributed by atoms with Gasteiger partial charge in [-0.15, -0.1) is 12.4 Å². The number of hydrogen-bond acceptors (Lipinski definition) is 8. The Labute approximate surface area is 309 Å². The average Bonchev–Trinajstić information content (AvgIpc) is 3.44. The van der Waals surface area contributed by atoms with Gasteiger partial charge in [-0.05, 0) is 54.4 Å². The summed E-state index contributed by atoms with van der Waals surface area (Å²) in [5.74, 6) is -0.146. The molecule has 0 saturated carbocycles. The molecule has 3 amide bonds. The fraction of sp³-hybridized carbons (Fsp3) is 0.364. The minimum Gasteiger partial charge on any atom is -0.493 e. The third kappa shape index (κ3) is 8.55. The first-order chi connectivity index (χ1) is 23.1. The number of aliphatic imine (C=N–C) groups is 1. The zero-order chi connectivity index (χ0) is 35.7. The number of piperazine rings is 1. The Kier molecular flexibility index (Phi) is 12.5. The quantitative estimate of drug-likeness (QED) is 0.285. The molecule has 12 nitrogen and oxygen atoms in total. The number of rotatable bonds is 10. The van der Waals surface area contributed by atoms with Crippen LogP contribution in [0.1, 0.15) is 35.7 Å². The minimum atomic E-state index is -3.83. The maximum Gasteiger partial charge on any atom is 0.326 e. The molecule has 5 rings (SSSR count). The van der Waals surface area contributed by atoms with Crippen LogP contribution in [0.15, 0.2) is 76.6 Å². The molecule has 50 heavy (non-hydrogen) atoms. The van der Waals surface area contributed by atoms with E-state index in [0.717, 1.165) is 16.1 Å². The second-order valence-electron chi connectivity index (χ2n) is 11.9. The fourth-order valence-corrected chi connectivity index (χ4v) is 7.45. The molecule has 0 aliphatic carbocycles. The molecule has 3 aromatic rings. The molecule has 2 aliphatic heterocycles. The molecule has 0 bridgehead atoms. The number of amidine groups is 1. The van der Waals surface area contributed by atoms with E-state index in [1.54, 1.807) is 49.4 Å². The summed E-state index contributed by atoms with van der Waals surface area (Å²) in [6, 6.07) is 16.7. The van der Waals surface area contributed by atoms with Crippen molar-refractivity contribution in [1.82, 2.24) is 19.0 Å². The fourth-order valence-electron chi connectivity index (χ4n) is 5.72. The van der Waals surface area contributed by atoms with Crippen molar-refractivity contribution >= 4 is 73.2 Å². The summed E-state index contributed by atoms with van der Waals surface area (Å²) in [5, 5.41) is 1.02. The monoisotopic (exact) mass is 785 g/mol. The van der Waals surface area contributed by atoms with Crippen LogP contribution < -0.4 is 4.74 Å². The van der Waals surface area contributed by atoms with E-state index >= 15 is 0 Å².